The van der Waals surface area contributed by atoms with Gasteiger partial charge in [0.15, 0.2) is 0 Å². The van der Waals surface area contributed by atoms with Crippen molar-refractivity contribution in [1.82, 2.24) is 4.98 Å². The SMILES string of the molecule is Oc1ccccc1C=C1c2ccccc2-c2nc3ccccc3cc21. The van der Waals surface area contributed by atoms with Crippen LogP contribution in [0.3, 0.4) is 0 Å². The Balaban J connectivity index is 1.84. The minimum absolute atomic E-state index is 0.287. The summed E-state index contributed by atoms with van der Waals surface area (Å²) in [7, 11) is 0. The zero-order valence-electron chi connectivity index (χ0n) is 13.5. The quantitative estimate of drug-likeness (QED) is 0.441. The molecule has 0 unspecified atom stereocenters. The minimum atomic E-state index is 0.287. The van der Waals surface area contributed by atoms with Crippen molar-refractivity contribution in [1.29, 1.82) is 0 Å². The molecule has 0 atom stereocenters. The first kappa shape index (κ1) is 14.0. The number of aromatic nitrogens is 1. The molecule has 0 saturated heterocycles. The number of rotatable bonds is 1. The second-order valence-corrected chi connectivity index (χ2v) is 6.24. The molecular formula is C23H15NO. The molecule has 1 aliphatic carbocycles. The van der Waals surface area contributed by atoms with E-state index in [2.05, 4.69) is 30.3 Å². The Bertz CT molecular complexity index is 1160. The van der Waals surface area contributed by atoms with Crippen LogP contribution in [0, 0.1) is 0 Å². The molecular weight excluding hydrogens is 306 g/mol. The molecule has 1 N–H and O–H groups in total. The highest BCUT2D eigenvalue weighted by Crippen LogP contribution is 2.45. The van der Waals surface area contributed by atoms with Gasteiger partial charge in [0.2, 0.25) is 0 Å². The number of nitrogens with zero attached hydrogens (tertiary/aromatic N) is 1. The van der Waals surface area contributed by atoms with Crippen molar-refractivity contribution in [2.24, 2.45) is 0 Å². The number of aromatic hydroxyl groups is 1. The van der Waals surface area contributed by atoms with Gasteiger partial charge in [0.25, 0.3) is 0 Å². The standard InChI is InChI=1S/C23H15NO/c25-22-12-6-2-8-16(22)14-19-17-9-3-4-10-18(17)23-20(19)13-15-7-1-5-11-21(15)24-23/h1-14,25H. The van der Waals surface area contributed by atoms with Crippen LogP contribution in [0.1, 0.15) is 16.7 Å². The average Bonchev–Trinajstić information content (AvgIpc) is 2.95. The van der Waals surface area contributed by atoms with E-state index >= 15 is 0 Å². The first-order chi connectivity index (χ1) is 12.3. The second kappa shape index (κ2) is 5.32. The van der Waals surface area contributed by atoms with Gasteiger partial charge in [0, 0.05) is 22.1 Å². The van der Waals surface area contributed by atoms with E-state index in [0.717, 1.165) is 44.4 Å². The summed E-state index contributed by atoms with van der Waals surface area (Å²) in [5.74, 6) is 0.287. The third-order valence-corrected chi connectivity index (χ3v) is 4.72. The maximum atomic E-state index is 10.2. The van der Waals surface area contributed by atoms with Crippen LogP contribution in [0.25, 0.3) is 33.8 Å². The van der Waals surface area contributed by atoms with E-state index in [4.69, 9.17) is 4.98 Å². The van der Waals surface area contributed by atoms with Gasteiger partial charge in [-0.1, -0.05) is 60.7 Å². The van der Waals surface area contributed by atoms with Crippen molar-refractivity contribution >= 4 is 22.6 Å². The third kappa shape index (κ3) is 2.15. The van der Waals surface area contributed by atoms with Crippen LogP contribution in [0.4, 0.5) is 0 Å². The monoisotopic (exact) mass is 321 g/mol. The third-order valence-electron chi connectivity index (χ3n) is 4.72. The molecule has 0 radical (unpaired) electrons. The molecule has 0 bridgehead atoms. The van der Waals surface area contributed by atoms with Gasteiger partial charge < -0.3 is 5.11 Å². The smallest absolute Gasteiger partial charge is 0.122 e. The molecule has 4 aromatic rings. The van der Waals surface area contributed by atoms with E-state index in [1.54, 1.807) is 6.07 Å². The van der Waals surface area contributed by atoms with Gasteiger partial charge in [-0.25, -0.2) is 4.98 Å². The number of hydrogen-bond donors (Lipinski definition) is 1. The molecule has 1 aromatic heterocycles. The van der Waals surface area contributed by atoms with Crippen LogP contribution in [0.5, 0.6) is 5.75 Å². The summed E-state index contributed by atoms with van der Waals surface area (Å²) in [6, 6.07) is 26.1. The molecule has 5 rings (SSSR count). The van der Waals surface area contributed by atoms with E-state index in [1.807, 2.05) is 48.5 Å². The van der Waals surface area contributed by atoms with Gasteiger partial charge >= 0.3 is 0 Å². The van der Waals surface area contributed by atoms with E-state index in [-0.39, 0.29) is 5.75 Å². The van der Waals surface area contributed by atoms with E-state index < -0.39 is 0 Å². The normalized spacial score (nSPS) is 13.8. The number of phenolic OH excluding ortho intramolecular Hbond substituents is 1. The van der Waals surface area contributed by atoms with Crippen LogP contribution in [-0.2, 0) is 0 Å². The molecule has 0 amide bonds. The summed E-state index contributed by atoms with van der Waals surface area (Å²) in [5, 5.41) is 11.3. The van der Waals surface area contributed by atoms with E-state index in [9.17, 15) is 5.11 Å². The van der Waals surface area contributed by atoms with Crippen molar-refractivity contribution in [3.63, 3.8) is 0 Å². The molecule has 3 aromatic carbocycles. The van der Waals surface area contributed by atoms with Crippen LogP contribution >= 0.6 is 0 Å². The first-order valence-electron chi connectivity index (χ1n) is 8.31. The predicted molar refractivity (Wildman–Crippen MR) is 102 cm³/mol. The largest absolute Gasteiger partial charge is 0.507 e. The average molecular weight is 321 g/mol. The molecule has 25 heavy (non-hydrogen) atoms. The van der Waals surface area contributed by atoms with Crippen molar-refractivity contribution in [2.75, 3.05) is 0 Å². The molecule has 2 nitrogen and oxygen atoms in total. The first-order valence-corrected chi connectivity index (χ1v) is 8.31. The number of phenols is 1. The summed E-state index contributed by atoms with van der Waals surface area (Å²) in [4.78, 5) is 4.91. The zero-order chi connectivity index (χ0) is 16.8. The topological polar surface area (TPSA) is 33.1 Å². The Morgan fingerprint density at radius 3 is 2.32 bits per heavy atom. The van der Waals surface area contributed by atoms with Crippen molar-refractivity contribution in [2.45, 2.75) is 0 Å². The van der Waals surface area contributed by atoms with Gasteiger partial charge in [0.05, 0.1) is 11.2 Å². The highest BCUT2D eigenvalue weighted by Gasteiger charge is 2.25. The highest BCUT2D eigenvalue weighted by molar-refractivity contribution is 6.07. The lowest BCUT2D eigenvalue weighted by Gasteiger charge is -2.06. The fraction of sp³-hybridized carbons (Fsp3) is 0. The Labute approximate surface area is 145 Å². The Morgan fingerprint density at radius 1 is 0.720 bits per heavy atom. The molecule has 118 valence electrons. The molecule has 2 heteroatoms. The van der Waals surface area contributed by atoms with Gasteiger partial charge in [-0.3, -0.25) is 0 Å². The van der Waals surface area contributed by atoms with Gasteiger partial charge in [-0.15, -0.1) is 0 Å². The molecule has 0 fully saturated rings. The molecule has 1 heterocycles. The van der Waals surface area contributed by atoms with Crippen molar-refractivity contribution in [3.8, 4) is 17.0 Å². The van der Waals surface area contributed by atoms with Crippen molar-refractivity contribution < 1.29 is 5.11 Å². The van der Waals surface area contributed by atoms with Crippen LogP contribution < -0.4 is 0 Å². The second-order valence-electron chi connectivity index (χ2n) is 6.24. The van der Waals surface area contributed by atoms with Crippen LogP contribution in [-0.4, -0.2) is 10.1 Å². The lowest BCUT2D eigenvalue weighted by atomic mass is 10.0. The number of hydrogen-bond acceptors (Lipinski definition) is 2. The Hall–Kier alpha value is -3.39. The predicted octanol–water partition coefficient (Wildman–Crippen LogP) is 5.51. The van der Waals surface area contributed by atoms with Gasteiger partial charge in [-0.05, 0) is 35.4 Å². The van der Waals surface area contributed by atoms with Crippen LogP contribution in [0.2, 0.25) is 0 Å². The lowest BCUT2D eigenvalue weighted by Crippen LogP contribution is -1.87. The Morgan fingerprint density at radius 2 is 1.44 bits per heavy atom. The van der Waals surface area contributed by atoms with E-state index in [0.29, 0.717) is 0 Å². The molecule has 0 saturated carbocycles. The molecule has 1 aliphatic rings. The highest BCUT2D eigenvalue weighted by atomic mass is 16.3. The fourth-order valence-electron chi connectivity index (χ4n) is 3.52. The summed E-state index contributed by atoms with van der Waals surface area (Å²) in [5.41, 5.74) is 7.34. The van der Waals surface area contributed by atoms with Crippen molar-refractivity contribution in [3.05, 3.63) is 95.6 Å². The minimum Gasteiger partial charge on any atom is -0.507 e. The number of pyridine rings is 1. The zero-order valence-corrected chi connectivity index (χ0v) is 13.5. The lowest BCUT2D eigenvalue weighted by molar-refractivity contribution is 0.474. The fourth-order valence-corrected chi connectivity index (χ4v) is 3.52. The summed E-state index contributed by atoms with van der Waals surface area (Å²) in [6.45, 7) is 0. The summed E-state index contributed by atoms with van der Waals surface area (Å²) >= 11 is 0. The summed E-state index contributed by atoms with van der Waals surface area (Å²) in [6.07, 6.45) is 2.05. The van der Waals surface area contributed by atoms with E-state index in [1.165, 1.54) is 0 Å². The maximum absolute atomic E-state index is 10.2. The van der Waals surface area contributed by atoms with Crippen LogP contribution in [0.15, 0.2) is 78.9 Å². The molecule has 0 aliphatic heterocycles. The van der Waals surface area contributed by atoms with Gasteiger partial charge in [-0.2, -0.15) is 0 Å². The molecule has 0 spiro atoms. The maximum Gasteiger partial charge on any atom is 0.122 e. The Kier molecular flexibility index (Phi) is 2.98. The number of fused-ring (bicyclic) bond motifs is 4. The number of benzene rings is 3. The summed E-state index contributed by atoms with van der Waals surface area (Å²) < 4.78 is 0. The number of para-hydroxylation sites is 2. The van der Waals surface area contributed by atoms with Gasteiger partial charge in [0.1, 0.15) is 5.75 Å².